The normalized spacial score (nSPS) is 12.0. The van der Waals surface area contributed by atoms with Crippen LogP contribution in [0.15, 0.2) is 65.3 Å². The third-order valence-electron chi connectivity index (χ3n) is 5.33. The summed E-state index contributed by atoms with van der Waals surface area (Å²) in [5.74, 6) is 0.940. The van der Waals surface area contributed by atoms with Gasteiger partial charge in [-0.1, -0.05) is 24.3 Å². The number of rotatable bonds is 11. The highest BCUT2D eigenvalue weighted by atomic mass is 19.1. The van der Waals surface area contributed by atoms with Gasteiger partial charge >= 0.3 is 0 Å². The zero-order chi connectivity index (χ0) is 22.9. The maximum Gasteiger partial charge on any atom is 0.234 e. The molecule has 0 saturated heterocycles. The van der Waals surface area contributed by atoms with Gasteiger partial charge in [0.2, 0.25) is 5.91 Å². The number of aliphatic hydroxyl groups excluding tert-OH is 1. The van der Waals surface area contributed by atoms with Crippen LogP contribution in [0.2, 0.25) is 0 Å². The molecule has 32 heavy (non-hydrogen) atoms. The van der Waals surface area contributed by atoms with E-state index in [0.717, 1.165) is 11.3 Å². The maximum atomic E-state index is 13.8. The molecule has 7 heteroatoms. The highest BCUT2D eigenvalue weighted by Gasteiger charge is 2.25. The molecule has 1 unspecified atom stereocenters. The number of aliphatic hydroxyl groups is 1. The predicted molar refractivity (Wildman–Crippen MR) is 120 cm³/mol. The fraction of sp³-hybridized carbons (Fsp3) is 0.320. The molecule has 0 fully saturated rings. The highest BCUT2D eigenvalue weighted by molar-refractivity contribution is 5.78. The van der Waals surface area contributed by atoms with E-state index in [-0.39, 0.29) is 37.5 Å². The van der Waals surface area contributed by atoms with Gasteiger partial charge in [-0.2, -0.15) is 0 Å². The fourth-order valence-electron chi connectivity index (χ4n) is 3.54. The van der Waals surface area contributed by atoms with Crippen LogP contribution < -0.4 is 10.1 Å². The molecule has 0 bridgehead atoms. The molecule has 3 rings (SSSR count). The van der Waals surface area contributed by atoms with Crippen molar-refractivity contribution in [1.29, 1.82) is 0 Å². The summed E-state index contributed by atoms with van der Waals surface area (Å²) in [6.07, 6.45) is 2.00. The summed E-state index contributed by atoms with van der Waals surface area (Å²) in [7, 11) is 1.61. The van der Waals surface area contributed by atoms with Gasteiger partial charge in [-0.05, 0) is 60.4 Å². The molecule has 1 amide bonds. The monoisotopic (exact) mass is 440 g/mol. The van der Waals surface area contributed by atoms with Gasteiger partial charge in [0.25, 0.3) is 0 Å². The predicted octanol–water partition coefficient (Wildman–Crippen LogP) is 3.98. The Balaban J connectivity index is 1.73. The van der Waals surface area contributed by atoms with Crippen molar-refractivity contribution in [3.05, 3.63) is 89.1 Å². The second-order valence-corrected chi connectivity index (χ2v) is 7.66. The molecule has 0 spiro atoms. The number of nitrogens with one attached hydrogen (secondary N) is 1. The highest BCUT2D eigenvalue weighted by Crippen LogP contribution is 2.27. The smallest absolute Gasteiger partial charge is 0.234 e. The molecule has 0 aliphatic rings. The number of hydrogen-bond acceptors (Lipinski definition) is 5. The lowest BCUT2D eigenvalue weighted by molar-refractivity contribution is -0.123. The minimum atomic E-state index is -0.293. The summed E-state index contributed by atoms with van der Waals surface area (Å²) in [6.45, 7) is 2.45. The number of methoxy groups -OCH3 is 1. The first-order valence-corrected chi connectivity index (χ1v) is 10.5. The van der Waals surface area contributed by atoms with E-state index in [1.165, 1.54) is 6.07 Å². The van der Waals surface area contributed by atoms with E-state index in [1.54, 1.807) is 38.5 Å². The number of carbonyl (C=O) groups excluding carboxylic acids is 1. The number of benzene rings is 2. The Morgan fingerprint density at radius 2 is 1.94 bits per heavy atom. The molecule has 2 aromatic carbocycles. The van der Waals surface area contributed by atoms with Crippen LogP contribution in [-0.4, -0.2) is 36.2 Å². The number of aryl methyl sites for hydroxylation is 1. The molecule has 2 N–H and O–H groups in total. The third-order valence-corrected chi connectivity index (χ3v) is 5.33. The molecule has 3 aromatic rings. The summed E-state index contributed by atoms with van der Waals surface area (Å²) in [4.78, 5) is 14.7. The molecular formula is C25H29FN2O4. The first-order chi connectivity index (χ1) is 15.5. The summed E-state index contributed by atoms with van der Waals surface area (Å²) in [6, 6.07) is 15.9. The summed E-state index contributed by atoms with van der Waals surface area (Å²) in [5, 5.41) is 12.5. The Bertz CT molecular complexity index is 990. The van der Waals surface area contributed by atoms with Gasteiger partial charge in [-0.15, -0.1) is 0 Å². The lowest BCUT2D eigenvalue weighted by Crippen LogP contribution is -2.39. The molecule has 0 radical (unpaired) electrons. The topological polar surface area (TPSA) is 74.9 Å². The number of halogens is 1. The van der Waals surface area contributed by atoms with Gasteiger partial charge in [-0.3, -0.25) is 9.69 Å². The minimum Gasteiger partial charge on any atom is -0.497 e. The largest absolute Gasteiger partial charge is 0.497 e. The second kappa shape index (κ2) is 11.5. The van der Waals surface area contributed by atoms with E-state index in [2.05, 4.69) is 5.32 Å². The zero-order valence-corrected chi connectivity index (χ0v) is 18.4. The van der Waals surface area contributed by atoms with E-state index in [0.29, 0.717) is 29.9 Å². The summed E-state index contributed by atoms with van der Waals surface area (Å²) < 4.78 is 24.6. The Morgan fingerprint density at radius 1 is 1.19 bits per heavy atom. The van der Waals surface area contributed by atoms with Crippen molar-refractivity contribution in [3.8, 4) is 5.75 Å². The number of ether oxygens (including phenoxy) is 1. The summed E-state index contributed by atoms with van der Waals surface area (Å²) in [5.41, 5.74) is 2.26. The van der Waals surface area contributed by atoms with E-state index in [4.69, 9.17) is 9.15 Å². The molecule has 170 valence electrons. The van der Waals surface area contributed by atoms with Crippen LogP contribution in [0.25, 0.3) is 0 Å². The SMILES string of the molecule is COc1ccc(CN(CC(=O)NCc2ccc(C)c(F)c2)C(CCO)c2ccco2)cc1. The van der Waals surface area contributed by atoms with Crippen molar-refractivity contribution in [1.82, 2.24) is 10.2 Å². The molecular weight excluding hydrogens is 411 g/mol. The Kier molecular flexibility index (Phi) is 8.41. The third kappa shape index (κ3) is 6.42. The molecule has 0 saturated carbocycles. The molecule has 1 atom stereocenters. The van der Waals surface area contributed by atoms with Crippen LogP contribution in [-0.2, 0) is 17.9 Å². The maximum absolute atomic E-state index is 13.8. The molecule has 1 aromatic heterocycles. The van der Waals surface area contributed by atoms with Crippen LogP contribution in [0.4, 0.5) is 4.39 Å². The Hall–Kier alpha value is -3.16. The average molecular weight is 441 g/mol. The van der Waals surface area contributed by atoms with E-state index >= 15 is 0 Å². The second-order valence-electron chi connectivity index (χ2n) is 7.66. The van der Waals surface area contributed by atoms with Crippen LogP contribution in [0.1, 0.15) is 34.9 Å². The van der Waals surface area contributed by atoms with E-state index in [1.807, 2.05) is 35.2 Å². The van der Waals surface area contributed by atoms with Crippen LogP contribution in [0.3, 0.4) is 0 Å². The Morgan fingerprint density at radius 3 is 2.56 bits per heavy atom. The quantitative estimate of drug-likeness (QED) is 0.472. The van der Waals surface area contributed by atoms with Gasteiger partial charge in [0.15, 0.2) is 0 Å². The van der Waals surface area contributed by atoms with Crippen molar-refractivity contribution < 1.29 is 23.4 Å². The molecule has 0 aliphatic heterocycles. The lowest BCUT2D eigenvalue weighted by atomic mass is 10.1. The van der Waals surface area contributed by atoms with Crippen LogP contribution >= 0.6 is 0 Å². The number of hydrogen-bond donors (Lipinski definition) is 2. The standard InChI is InChI=1S/C25H29FN2O4/c1-18-5-6-20(14-22(18)26)15-27-25(30)17-28(16-19-7-9-21(31-2)10-8-19)23(11-12-29)24-4-3-13-32-24/h3-10,13-14,23,29H,11-12,15-17H2,1-2H3,(H,27,30). The van der Waals surface area contributed by atoms with Gasteiger partial charge in [0, 0.05) is 19.7 Å². The number of carbonyl (C=O) groups is 1. The van der Waals surface area contributed by atoms with Crippen molar-refractivity contribution in [3.63, 3.8) is 0 Å². The van der Waals surface area contributed by atoms with E-state index in [9.17, 15) is 14.3 Å². The number of nitrogens with zero attached hydrogens (tertiary/aromatic N) is 1. The number of amides is 1. The Labute approximate surface area is 187 Å². The minimum absolute atomic E-state index is 0.0469. The zero-order valence-electron chi connectivity index (χ0n) is 18.4. The molecule has 1 heterocycles. The van der Waals surface area contributed by atoms with E-state index < -0.39 is 0 Å². The number of furan rings is 1. The average Bonchev–Trinajstić information content (AvgIpc) is 3.33. The first-order valence-electron chi connectivity index (χ1n) is 10.5. The fourth-order valence-corrected chi connectivity index (χ4v) is 3.54. The molecule has 6 nitrogen and oxygen atoms in total. The van der Waals surface area contributed by atoms with Crippen molar-refractivity contribution in [2.75, 3.05) is 20.3 Å². The van der Waals surface area contributed by atoms with Gasteiger partial charge < -0.3 is 19.6 Å². The van der Waals surface area contributed by atoms with Crippen molar-refractivity contribution >= 4 is 5.91 Å². The summed E-state index contributed by atoms with van der Waals surface area (Å²) >= 11 is 0. The van der Waals surface area contributed by atoms with Gasteiger partial charge in [0.1, 0.15) is 17.3 Å². The molecule has 0 aliphatic carbocycles. The lowest BCUT2D eigenvalue weighted by Gasteiger charge is -2.29. The first kappa shape index (κ1) is 23.5. The van der Waals surface area contributed by atoms with Crippen LogP contribution in [0, 0.1) is 12.7 Å². The van der Waals surface area contributed by atoms with Crippen LogP contribution in [0.5, 0.6) is 5.75 Å². The van der Waals surface area contributed by atoms with Gasteiger partial charge in [0.05, 0.1) is 26.0 Å². The van der Waals surface area contributed by atoms with Gasteiger partial charge in [-0.25, -0.2) is 4.39 Å². The van der Waals surface area contributed by atoms with Crippen molar-refractivity contribution in [2.45, 2.75) is 32.5 Å². The van der Waals surface area contributed by atoms with Crippen molar-refractivity contribution in [2.24, 2.45) is 0 Å².